The summed E-state index contributed by atoms with van der Waals surface area (Å²) in [6.45, 7) is 1.42. The van der Waals surface area contributed by atoms with Gasteiger partial charge in [0, 0.05) is 23.0 Å². The lowest BCUT2D eigenvalue weighted by atomic mass is 10.1. The first-order valence-corrected chi connectivity index (χ1v) is 12.1. The Morgan fingerprint density at radius 1 is 1.12 bits per heavy atom. The zero-order valence-electron chi connectivity index (χ0n) is 18.3. The van der Waals surface area contributed by atoms with Crippen molar-refractivity contribution in [2.24, 2.45) is 5.92 Å². The summed E-state index contributed by atoms with van der Waals surface area (Å²) >= 11 is 0.721. The molecule has 8 heteroatoms. The molecule has 2 aromatic carbocycles. The average molecular weight is 488 g/mol. The normalized spacial score (nSPS) is 20.4. The van der Waals surface area contributed by atoms with Gasteiger partial charge in [0.2, 0.25) is 0 Å². The number of carboxylic acid groups (broad SMARTS) is 1. The summed E-state index contributed by atoms with van der Waals surface area (Å²) in [5.41, 5.74) is 3.07. The molecule has 1 aliphatic heterocycles. The Kier molecular flexibility index (Phi) is 6.12. The molecule has 4 nitrogen and oxygen atoms in total. The van der Waals surface area contributed by atoms with Crippen molar-refractivity contribution in [3.63, 3.8) is 0 Å². The van der Waals surface area contributed by atoms with Gasteiger partial charge in [-0.25, -0.2) is 0 Å². The Balaban J connectivity index is 1.30. The van der Waals surface area contributed by atoms with Crippen molar-refractivity contribution in [2.45, 2.75) is 38.1 Å². The van der Waals surface area contributed by atoms with Gasteiger partial charge in [-0.15, -0.1) is 11.3 Å². The van der Waals surface area contributed by atoms with E-state index in [1.807, 2.05) is 18.2 Å². The third-order valence-electron chi connectivity index (χ3n) is 6.68. The molecule has 1 N–H and O–H groups in total. The lowest BCUT2D eigenvalue weighted by molar-refractivity contribution is -0.141. The van der Waals surface area contributed by atoms with Crippen LogP contribution in [0.25, 0.3) is 11.1 Å². The van der Waals surface area contributed by atoms with Crippen molar-refractivity contribution < 1.29 is 27.8 Å². The van der Waals surface area contributed by atoms with Gasteiger partial charge in [-0.2, -0.15) is 13.2 Å². The van der Waals surface area contributed by atoms with Crippen LogP contribution in [0.3, 0.4) is 0 Å². The van der Waals surface area contributed by atoms with Crippen LogP contribution in [0.1, 0.15) is 39.8 Å². The van der Waals surface area contributed by atoms with Crippen LogP contribution in [-0.2, 0) is 24.0 Å². The lowest BCUT2D eigenvalue weighted by Gasteiger charge is -2.24. The van der Waals surface area contributed by atoms with Gasteiger partial charge in [0.15, 0.2) is 0 Å². The average Bonchev–Trinajstić information content (AvgIpc) is 3.55. The van der Waals surface area contributed by atoms with E-state index in [4.69, 9.17) is 4.74 Å². The van der Waals surface area contributed by atoms with E-state index < -0.39 is 17.0 Å². The second-order valence-electron chi connectivity index (χ2n) is 8.84. The van der Waals surface area contributed by atoms with Crippen molar-refractivity contribution in [3.05, 3.63) is 75.5 Å². The van der Waals surface area contributed by atoms with Crippen LogP contribution < -0.4 is 4.74 Å². The van der Waals surface area contributed by atoms with Gasteiger partial charge >= 0.3 is 12.1 Å². The Labute approximate surface area is 199 Å². The Morgan fingerprint density at radius 3 is 2.62 bits per heavy atom. The zero-order chi connectivity index (χ0) is 23.9. The van der Waals surface area contributed by atoms with Crippen molar-refractivity contribution >= 4 is 17.3 Å². The molecule has 1 aliphatic carbocycles. The van der Waals surface area contributed by atoms with Crippen molar-refractivity contribution in [2.75, 3.05) is 13.1 Å². The number of aryl methyl sites for hydroxylation is 1. The van der Waals surface area contributed by atoms with Crippen molar-refractivity contribution in [1.82, 2.24) is 4.90 Å². The fraction of sp³-hybridized carbons (Fsp3) is 0.346. The van der Waals surface area contributed by atoms with E-state index in [0.717, 1.165) is 36.3 Å². The predicted octanol–water partition coefficient (Wildman–Crippen LogP) is 6.41. The molecule has 0 bridgehead atoms. The quantitative estimate of drug-likeness (QED) is 0.437. The van der Waals surface area contributed by atoms with Crippen LogP contribution >= 0.6 is 11.3 Å². The maximum Gasteiger partial charge on any atom is 0.426 e. The van der Waals surface area contributed by atoms with E-state index in [2.05, 4.69) is 4.90 Å². The zero-order valence-corrected chi connectivity index (χ0v) is 19.2. The summed E-state index contributed by atoms with van der Waals surface area (Å²) in [5, 5.41) is 9.28. The molecule has 2 atom stereocenters. The van der Waals surface area contributed by atoms with Crippen molar-refractivity contribution in [3.8, 4) is 16.9 Å². The first-order valence-electron chi connectivity index (χ1n) is 11.3. The summed E-state index contributed by atoms with van der Waals surface area (Å²) in [7, 11) is 0. The number of hydrogen-bond acceptors (Lipinski definition) is 4. The summed E-state index contributed by atoms with van der Waals surface area (Å²) in [6.07, 6.45) is -1.94. The summed E-state index contributed by atoms with van der Waals surface area (Å²) in [4.78, 5) is 13.4. The van der Waals surface area contributed by atoms with Crippen LogP contribution in [-0.4, -0.2) is 29.1 Å². The molecule has 0 radical (unpaired) electrons. The van der Waals surface area contributed by atoms with E-state index in [1.165, 1.54) is 5.56 Å². The number of rotatable bonds is 6. The Bertz CT molecular complexity index is 1190. The fourth-order valence-corrected chi connectivity index (χ4v) is 5.98. The van der Waals surface area contributed by atoms with Gasteiger partial charge < -0.3 is 9.84 Å². The third kappa shape index (κ3) is 4.57. The minimum Gasteiger partial charge on any atom is -0.488 e. The highest BCUT2D eigenvalue weighted by Gasteiger charge is 2.37. The number of fused-ring (bicyclic) bond motifs is 1. The van der Waals surface area contributed by atoms with Gasteiger partial charge in [-0.1, -0.05) is 36.4 Å². The highest BCUT2D eigenvalue weighted by atomic mass is 32.1. The van der Waals surface area contributed by atoms with Crippen LogP contribution in [0.2, 0.25) is 0 Å². The number of aliphatic carboxylic acids is 1. The minimum absolute atomic E-state index is 0.0647. The van der Waals surface area contributed by atoms with Crippen LogP contribution in [0, 0.1) is 5.92 Å². The van der Waals surface area contributed by atoms with Gasteiger partial charge in [0.1, 0.15) is 17.2 Å². The van der Waals surface area contributed by atoms with Crippen LogP contribution in [0.5, 0.6) is 5.75 Å². The Hall–Kier alpha value is -2.84. The highest BCUT2D eigenvalue weighted by Crippen LogP contribution is 2.43. The van der Waals surface area contributed by atoms with Gasteiger partial charge in [-0.3, -0.25) is 9.69 Å². The molecule has 2 heterocycles. The SMILES string of the molecule is O=C(O)[C@@H]1CCN(C2CCc3cc(OCc4cc(-c5ccccc5)c(C(F)(F)F)s4)ccc32)C1. The largest absolute Gasteiger partial charge is 0.488 e. The Morgan fingerprint density at radius 2 is 1.91 bits per heavy atom. The lowest BCUT2D eigenvalue weighted by Crippen LogP contribution is -2.26. The number of carboxylic acids is 1. The van der Waals surface area contributed by atoms with Gasteiger partial charge in [-0.05, 0) is 60.7 Å². The topological polar surface area (TPSA) is 49.8 Å². The number of benzene rings is 2. The first-order chi connectivity index (χ1) is 16.3. The molecule has 1 fully saturated rings. The molecule has 178 valence electrons. The molecule has 2 aliphatic rings. The van der Waals surface area contributed by atoms with Crippen molar-refractivity contribution in [1.29, 1.82) is 0 Å². The van der Waals surface area contributed by atoms with E-state index in [-0.39, 0.29) is 24.1 Å². The standard InChI is InChI=1S/C26H24F3NO3S/c27-26(28,29)24-22(16-4-2-1-3-5-16)13-20(34-24)15-33-19-7-8-21-17(12-19)6-9-23(21)30-11-10-18(14-30)25(31)32/h1-5,7-8,12-13,18,23H,6,9-11,14-15H2,(H,31,32)/t18-,23?/m1/s1. The summed E-state index contributed by atoms with van der Waals surface area (Å²) in [5.74, 6) is -0.408. The maximum atomic E-state index is 13.6. The van der Waals surface area contributed by atoms with E-state index in [1.54, 1.807) is 36.4 Å². The number of carbonyl (C=O) groups is 1. The number of alkyl halides is 3. The second-order valence-corrected chi connectivity index (χ2v) is 9.98. The van der Waals surface area contributed by atoms with Gasteiger partial charge in [0.25, 0.3) is 0 Å². The second kappa shape index (κ2) is 9.07. The number of nitrogens with zero attached hydrogens (tertiary/aromatic N) is 1. The number of halogens is 3. The molecule has 1 aromatic heterocycles. The molecule has 0 saturated carbocycles. The maximum absolute atomic E-state index is 13.6. The van der Waals surface area contributed by atoms with E-state index >= 15 is 0 Å². The highest BCUT2D eigenvalue weighted by molar-refractivity contribution is 7.12. The molecule has 5 rings (SSSR count). The molecule has 1 saturated heterocycles. The smallest absolute Gasteiger partial charge is 0.426 e. The number of likely N-dealkylation sites (tertiary alicyclic amines) is 1. The fourth-order valence-electron chi connectivity index (χ4n) is 5.02. The monoisotopic (exact) mass is 487 g/mol. The summed E-state index contributed by atoms with van der Waals surface area (Å²) in [6, 6.07) is 16.2. The third-order valence-corrected chi connectivity index (χ3v) is 7.83. The minimum atomic E-state index is -4.42. The van der Waals surface area contributed by atoms with E-state index in [9.17, 15) is 23.1 Å². The summed E-state index contributed by atoms with van der Waals surface area (Å²) < 4.78 is 46.8. The molecule has 0 amide bonds. The molecule has 34 heavy (non-hydrogen) atoms. The van der Waals surface area contributed by atoms with Crippen LogP contribution in [0.15, 0.2) is 54.6 Å². The van der Waals surface area contributed by atoms with Gasteiger partial charge in [0.05, 0.1) is 5.92 Å². The number of hydrogen-bond donors (Lipinski definition) is 1. The first kappa shape index (κ1) is 22.9. The number of thiophene rings is 1. The molecule has 1 unspecified atom stereocenters. The number of ether oxygens (including phenoxy) is 1. The molecule has 3 aromatic rings. The van der Waals surface area contributed by atoms with Crippen LogP contribution in [0.4, 0.5) is 13.2 Å². The predicted molar refractivity (Wildman–Crippen MR) is 124 cm³/mol. The molecule has 0 spiro atoms. The molecular formula is C26H24F3NO3S. The van der Waals surface area contributed by atoms with E-state index in [0.29, 0.717) is 29.2 Å². The molecular weight excluding hydrogens is 463 g/mol.